The number of nitrogens with zero attached hydrogens (tertiary/aromatic N) is 2. The lowest BCUT2D eigenvalue weighted by molar-refractivity contribution is 0.0951. The van der Waals surface area contributed by atoms with Crippen molar-refractivity contribution >= 4 is 17.5 Å². The highest BCUT2D eigenvalue weighted by atomic mass is 35.5. The molecule has 5 heteroatoms. The molecule has 1 amide bonds. The Morgan fingerprint density at radius 1 is 0.893 bits per heavy atom. The summed E-state index contributed by atoms with van der Waals surface area (Å²) in [5.74, 6) is -0.211. The molecule has 138 valence electrons. The second kappa shape index (κ2) is 8.11. The molecule has 0 aliphatic heterocycles. The molecule has 4 nitrogen and oxygen atoms in total. The third-order valence-electron chi connectivity index (χ3n) is 4.42. The van der Waals surface area contributed by atoms with E-state index in [1.165, 1.54) is 0 Å². The van der Waals surface area contributed by atoms with Gasteiger partial charge < -0.3 is 5.32 Å². The van der Waals surface area contributed by atoms with Crippen LogP contribution in [0.4, 0.5) is 0 Å². The summed E-state index contributed by atoms with van der Waals surface area (Å²) in [6, 6.07) is 26.9. The van der Waals surface area contributed by atoms with Gasteiger partial charge in [-0.2, -0.15) is 5.10 Å². The summed E-state index contributed by atoms with van der Waals surface area (Å²) in [7, 11) is 0. The first-order chi connectivity index (χ1) is 13.7. The van der Waals surface area contributed by atoms with E-state index in [0.29, 0.717) is 17.1 Å². The Morgan fingerprint density at radius 3 is 2.25 bits per heavy atom. The summed E-state index contributed by atoms with van der Waals surface area (Å²) in [6.45, 7) is 0.348. The Kier molecular flexibility index (Phi) is 5.22. The van der Waals surface area contributed by atoms with Crippen LogP contribution in [0.15, 0.2) is 91.1 Å². The van der Waals surface area contributed by atoms with Gasteiger partial charge in [-0.3, -0.25) is 4.79 Å². The standard InChI is InChI=1S/C23H18ClN3O/c24-21-14-8-7-13-20(21)23(28)25-15-18-16-27(19-11-5-2-6-12-19)26-22(18)17-9-3-1-4-10-17/h1-14,16H,15H2,(H,25,28). The zero-order valence-electron chi connectivity index (χ0n) is 15.0. The molecule has 0 aliphatic carbocycles. The second-order valence-electron chi connectivity index (χ2n) is 6.31. The van der Waals surface area contributed by atoms with Crippen LogP contribution in [0, 0.1) is 0 Å². The predicted molar refractivity (Wildman–Crippen MR) is 112 cm³/mol. The summed E-state index contributed by atoms with van der Waals surface area (Å²) < 4.78 is 1.83. The van der Waals surface area contributed by atoms with Crippen LogP contribution in [-0.2, 0) is 6.54 Å². The van der Waals surface area contributed by atoms with Crippen LogP contribution in [0.25, 0.3) is 16.9 Å². The summed E-state index contributed by atoms with van der Waals surface area (Å²) in [5, 5.41) is 8.15. The molecule has 0 atom stereocenters. The molecule has 1 aromatic heterocycles. The molecule has 28 heavy (non-hydrogen) atoms. The lowest BCUT2D eigenvalue weighted by Crippen LogP contribution is -2.23. The Bertz CT molecular complexity index is 1090. The highest BCUT2D eigenvalue weighted by Gasteiger charge is 2.15. The largest absolute Gasteiger partial charge is 0.348 e. The van der Waals surface area contributed by atoms with E-state index in [2.05, 4.69) is 5.32 Å². The van der Waals surface area contributed by atoms with E-state index < -0.39 is 0 Å². The zero-order valence-corrected chi connectivity index (χ0v) is 15.8. The number of aromatic nitrogens is 2. The third-order valence-corrected chi connectivity index (χ3v) is 4.75. The highest BCUT2D eigenvalue weighted by Crippen LogP contribution is 2.24. The maximum absolute atomic E-state index is 12.5. The topological polar surface area (TPSA) is 46.9 Å². The van der Waals surface area contributed by atoms with Crippen molar-refractivity contribution in [3.8, 4) is 16.9 Å². The molecule has 4 rings (SSSR count). The molecule has 0 aliphatic rings. The molecular formula is C23H18ClN3O. The van der Waals surface area contributed by atoms with E-state index in [-0.39, 0.29) is 5.91 Å². The van der Waals surface area contributed by atoms with E-state index in [1.807, 2.05) is 71.5 Å². The molecule has 1 N–H and O–H groups in total. The van der Waals surface area contributed by atoms with Crippen molar-refractivity contribution in [3.05, 3.63) is 107 Å². The maximum atomic E-state index is 12.5. The van der Waals surface area contributed by atoms with Crippen LogP contribution in [0.5, 0.6) is 0 Å². The summed E-state index contributed by atoms with van der Waals surface area (Å²) in [4.78, 5) is 12.5. The Morgan fingerprint density at radius 2 is 1.54 bits per heavy atom. The van der Waals surface area contributed by atoms with Gasteiger partial charge in [-0.15, -0.1) is 0 Å². The highest BCUT2D eigenvalue weighted by molar-refractivity contribution is 6.33. The molecule has 1 heterocycles. The normalized spacial score (nSPS) is 10.6. The van der Waals surface area contributed by atoms with Gasteiger partial charge in [0.15, 0.2) is 0 Å². The van der Waals surface area contributed by atoms with Crippen molar-refractivity contribution in [2.45, 2.75) is 6.54 Å². The number of benzene rings is 3. The van der Waals surface area contributed by atoms with Crippen molar-refractivity contribution in [1.29, 1.82) is 0 Å². The van der Waals surface area contributed by atoms with E-state index in [0.717, 1.165) is 22.5 Å². The van der Waals surface area contributed by atoms with Gasteiger partial charge in [0.1, 0.15) is 0 Å². The molecule has 0 saturated carbocycles. The number of carbonyl (C=O) groups is 1. The number of hydrogen-bond acceptors (Lipinski definition) is 2. The SMILES string of the molecule is O=C(NCc1cn(-c2ccccc2)nc1-c1ccccc1)c1ccccc1Cl. The van der Waals surface area contributed by atoms with Crippen LogP contribution >= 0.6 is 11.6 Å². The molecule has 0 saturated heterocycles. The van der Waals surface area contributed by atoms with Crippen LogP contribution in [0.3, 0.4) is 0 Å². The van der Waals surface area contributed by atoms with Crippen LogP contribution in [-0.4, -0.2) is 15.7 Å². The van der Waals surface area contributed by atoms with Gasteiger partial charge >= 0.3 is 0 Å². The minimum Gasteiger partial charge on any atom is -0.348 e. The number of amides is 1. The number of hydrogen-bond donors (Lipinski definition) is 1. The first-order valence-corrected chi connectivity index (χ1v) is 9.32. The molecule has 0 spiro atoms. The minimum absolute atomic E-state index is 0.211. The number of para-hydroxylation sites is 1. The van der Waals surface area contributed by atoms with Crippen LogP contribution in [0.1, 0.15) is 15.9 Å². The third kappa shape index (κ3) is 3.82. The number of rotatable bonds is 5. The zero-order chi connectivity index (χ0) is 19.3. The first kappa shape index (κ1) is 18.0. The van der Waals surface area contributed by atoms with Crippen LogP contribution < -0.4 is 5.32 Å². The molecule has 0 unspecified atom stereocenters. The van der Waals surface area contributed by atoms with Gasteiger partial charge in [-0.1, -0.05) is 72.3 Å². The van der Waals surface area contributed by atoms with Gasteiger partial charge in [0.2, 0.25) is 0 Å². The second-order valence-corrected chi connectivity index (χ2v) is 6.72. The Labute approximate surface area is 168 Å². The van der Waals surface area contributed by atoms with Gasteiger partial charge in [0, 0.05) is 23.9 Å². The molecule has 3 aromatic carbocycles. The monoisotopic (exact) mass is 387 g/mol. The Hall–Kier alpha value is -3.37. The van der Waals surface area contributed by atoms with E-state index in [4.69, 9.17) is 16.7 Å². The fourth-order valence-corrected chi connectivity index (χ4v) is 3.23. The number of halogens is 1. The average Bonchev–Trinajstić information content (AvgIpc) is 3.18. The van der Waals surface area contributed by atoms with Crippen LogP contribution in [0.2, 0.25) is 5.02 Å². The molecule has 0 fully saturated rings. The first-order valence-electron chi connectivity index (χ1n) is 8.94. The number of carbonyl (C=O) groups excluding carboxylic acids is 1. The fourth-order valence-electron chi connectivity index (χ4n) is 3.01. The Balaban J connectivity index is 1.64. The van der Waals surface area contributed by atoms with Crippen molar-refractivity contribution in [2.75, 3.05) is 0 Å². The van der Waals surface area contributed by atoms with E-state index in [9.17, 15) is 4.79 Å². The van der Waals surface area contributed by atoms with Crippen molar-refractivity contribution < 1.29 is 4.79 Å². The number of nitrogens with one attached hydrogen (secondary N) is 1. The van der Waals surface area contributed by atoms with Gasteiger partial charge in [-0.25, -0.2) is 4.68 Å². The van der Waals surface area contributed by atoms with E-state index in [1.54, 1.807) is 24.3 Å². The van der Waals surface area contributed by atoms with Crippen molar-refractivity contribution in [3.63, 3.8) is 0 Å². The molecule has 0 bridgehead atoms. The van der Waals surface area contributed by atoms with Gasteiger partial charge in [-0.05, 0) is 24.3 Å². The fraction of sp³-hybridized carbons (Fsp3) is 0.0435. The van der Waals surface area contributed by atoms with Crippen molar-refractivity contribution in [1.82, 2.24) is 15.1 Å². The molecule has 0 radical (unpaired) electrons. The summed E-state index contributed by atoms with van der Waals surface area (Å²) in [5.41, 5.74) is 4.18. The summed E-state index contributed by atoms with van der Waals surface area (Å²) in [6.07, 6.45) is 1.95. The lowest BCUT2D eigenvalue weighted by Gasteiger charge is -2.07. The minimum atomic E-state index is -0.211. The van der Waals surface area contributed by atoms with E-state index >= 15 is 0 Å². The predicted octanol–water partition coefficient (Wildman–Crippen LogP) is 5.12. The van der Waals surface area contributed by atoms with Crippen molar-refractivity contribution in [2.24, 2.45) is 0 Å². The van der Waals surface area contributed by atoms with Gasteiger partial charge in [0.05, 0.1) is 22.0 Å². The smallest absolute Gasteiger partial charge is 0.253 e. The molecular weight excluding hydrogens is 370 g/mol. The molecule has 4 aromatic rings. The maximum Gasteiger partial charge on any atom is 0.253 e. The lowest BCUT2D eigenvalue weighted by atomic mass is 10.1. The summed E-state index contributed by atoms with van der Waals surface area (Å²) >= 11 is 6.13. The quantitative estimate of drug-likeness (QED) is 0.516. The van der Waals surface area contributed by atoms with Gasteiger partial charge in [0.25, 0.3) is 5.91 Å². The average molecular weight is 388 g/mol.